The highest BCUT2D eigenvalue weighted by atomic mass is 28.3. The first-order valence-electron chi connectivity index (χ1n) is 7.52. The summed E-state index contributed by atoms with van der Waals surface area (Å²) in [6, 6.07) is 9.16. The van der Waals surface area contributed by atoms with Gasteiger partial charge in [0.05, 0.1) is 0 Å². The molecule has 2 aromatic carbocycles. The minimum absolute atomic E-state index is 0.0406. The third-order valence-electron chi connectivity index (χ3n) is 3.38. The summed E-state index contributed by atoms with van der Waals surface area (Å²) in [5.41, 5.74) is 1.55. The Morgan fingerprint density at radius 2 is 1.39 bits per heavy atom. The SMILES string of the molecule is CCO[SiH](Cc1ccc(-c2cc(F)c(F)cc2F)cc1)OCC. The maximum absolute atomic E-state index is 13.8. The van der Waals surface area contributed by atoms with Gasteiger partial charge in [0.1, 0.15) is 5.82 Å². The van der Waals surface area contributed by atoms with Crippen molar-refractivity contribution in [3.05, 3.63) is 59.4 Å². The Kier molecular flexibility index (Phi) is 6.38. The summed E-state index contributed by atoms with van der Waals surface area (Å²) in [4.78, 5) is 0. The molecule has 0 bridgehead atoms. The molecule has 0 radical (unpaired) electrons. The van der Waals surface area contributed by atoms with Gasteiger partial charge in [-0.1, -0.05) is 24.3 Å². The van der Waals surface area contributed by atoms with Crippen LogP contribution in [0.25, 0.3) is 11.1 Å². The second-order valence-electron chi connectivity index (χ2n) is 4.99. The molecule has 0 unspecified atom stereocenters. The molecule has 0 saturated carbocycles. The first-order chi connectivity index (χ1) is 11.0. The molecule has 0 amide bonds. The average Bonchev–Trinajstić information content (AvgIpc) is 2.52. The Balaban J connectivity index is 2.17. The van der Waals surface area contributed by atoms with Crippen molar-refractivity contribution in [1.82, 2.24) is 0 Å². The summed E-state index contributed by atoms with van der Waals surface area (Å²) in [6.07, 6.45) is 0. The predicted molar refractivity (Wildman–Crippen MR) is 85.9 cm³/mol. The summed E-state index contributed by atoms with van der Waals surface area (Å²) in [6.45, 7) is 5.06. The van der Waals surface area contributed by atoms with Crippen LogP contribution in [0, 0.1) is 17.5 Å². The molecule has 0 heterocycles. The Labute approximate surface area is 135 Å². The molecule has 0 spiro atoms. The van der Waals surface area contributed by atoms with E-state index in [0.29, 0.717) is 30.9 Å². The molecule has 0 fully saturated rings. The van der Waals surface area contributed by atoms with E-state index in [1.807, 2.05) is 26.0 Å². The zero-order valence-corrected chi connectivity index (χ0v) is 14.3. The van der Waals surface area contributed by atoms with Crippen molar-refractivity contribution in [2.75, 3.05) is 13.2 Å². The van der Waals surface area contributed by atoms with Crippen LogP contribution in [0.15, 0.2) is 36.4 Å². The van der Waals surface area contributed by atoms with Crippen molar-refractivity contribution in [2.45, 2.75) is 19.9 Å². The van der Waals surface area contributed by atoms with Crippen molar-refractivity contribution in [1.29, 1.82) is 0 Å². The van der Waals surface area contributed by atoms with Crippen LogP contribution in [0.2, 0.25) is 0 Å². The quantitative estimate of drug-likeness (QED) is 0.557. The van der Waals surface area contributed by atoms with E-state index in [-0.39, 0.29) is 5.56 Å². The Morgan fingerprint density at radius 1 is 0.826 bits per heavy atom. The number of hydrogen-bond acceptors (Lipinski definition) is 2. The lowest BCUT2D eigenvalue weighted by molar-refractivity contribution is 0.213. The summed E-state index contributed by atoms with van der Waals surface area (Å²) in [7, 11) is -1.76. The van der Waals surface area contributed by atoms with Gasteiger partial charge >= 0.3 is 9.28 Å². The summed E-state index contributed by atoms with van der Waals surface area (Å²) in [5, 5.41) is 0. The van der Waals surface area contributed by atoms with Crippen LogP contribution < -0.4 is 0 Å². The molecular formula is C17H19F3O2Si. The second-order valence-corrected chi connectivity index (χ2v) is 6.92. The molecular weight excluding hydrogens is 321 g/mol. The number of benzene rings is 2. The highest BCUT2D eigenvalue weighted by Gasteiger charge is 2.14. The summed E-state index contributed by atoms with van der Waals surface area (Å²) >= 11 is 0. The molecule has 0 aromatic heterocycles. The molecule has 0 saturated heterocycles. The van der Waals surface area contributed by atoms with Crippen molar-refractivity contribution < 1.29 is 22.0 Å². The molecule has 0 aliphatic carbocycles. The Morgan fingerprint density at radius 3 is 1.96 bits per heavy atom. The smallest absolute Gasteiger partial charge is 0.325 e. The van der Waals surface area contributed by atoms with Gasteiger partial charge in [0.2, 0.25) is 0 Å². The molecule has 0 aliphatic heterocycles. The molecule has 2 rings (SSSR count). The molecule has 0 N–H and O–H groups in total. The monoisotopic (exact) mass is 340 g/mol. The van der Waals surface area contributed by atoms with E-state index in [0.717, 1.165) is 11.6 Å². The first kappa shape index (κ1) is 17.7. The van der Waals surface area contributed by atoms with Gasteiger partial charge in [-0.25, -0.2) is 13.2 Å². The minimum atomic E-state index is -1.76. The fourth-order valence-corrected chi connectivity index (χ4v) is 4.03. The first-order valence-corrected chi connectivity index (χ1v) is 9.28. The van der Waals surface area contributed by atoms with E-state index in [4.69, 9.17) is 8.85 Å². The van der Waals surface area contributed by atoms with Crippen molar-refractivity contribution >= 4 is 9.28 Å². The molecule has 2 nitrogen and oxygen atoms in total. The van der Waals surface area contributed by atoms with Crippen LogP contribution in [-0.2, 0) is 14.9 Å². The van der Waals surface area contributed by atoms with E-state index >= 15 is 0 Å². The van der Waals surface area contributed by atoms with E-state index in [9.17, 15) is 13.2 Å². The minimum Gasteiger partial charge on any atom is -0.397 e. The number of hydrogen-bond donors (Lipinski definition) is 0. The van der Waals surface area contributed by atoms with Gasteiger partial charge in [-0.3, -0.25) is 0 Å². The normalized spacial score (nSPS) is 11.2. The zero-order chi connectivity index (χ0) is 16.8. The fourth-order valence-electron chi connectivity index (χ4n) is 2.29. The predicted octanol–water partition coefficient (Wildman–Crippen LogP) is 4.15. The Bertz CT molecular complexity index is 641. The van der Waals surface area contributed by atoms with Crippen LogP contribution in [0.5, 0.6) is 0 Å². The average molecular weight is 340 g/mol. The highest BCUT2D eigenvalue weighted by molar-refractivity contribution is 6.43. The molecule has 0 aliphatic rings. The largest absolute Gasteiger partial charge is 0.397 e. The van der Waals surface area contributed by atoms with Gasteiger partial charge in [-0.05, 0) is 31.0 Å². The van der Waals surface area contributed by atoms with E-state index < -0.39 is 26.7 Å². The number of rotatable bonds is 7. The molecule has 124 valence electrons. The van der Waals surface area contributed by atoms with Gasteiger partial charge in [-0.15, -0.1) is 0 Å². The third-order valence-corrected chi connectivity index (χ3v) is 5.60. The lowest BCUT2D eigenvalue weighted by Crippen LogP contribution is -2.26. The van der Waals surface area contributed by atoms with Gasteiger partial charge < -0.3 is 8.85 Å². The maximum atomic E-state index is 13.8. The highest BCUT2D eigenvalue weighted by Crippen LogP contribution is 2.25. The zero-order valence-electron chi connectivity index (χ0n) is 13.1. The van der Waals surface area contributed by atoms with Gasteiger partial charge in [0, 0.05) is 30.9 Å². The third kappa shape index (κ3) is 4.67. The standard InChI is InChI=1S/C17H19F3O2Si/c1-3-21-23(22-4-2)11-12-5-7-13(8-6-12)14-9-16(19)17(20)10-15(14)18/h5-10,23H,3-4,11H2,1-2H3. The Hall–Kier alpha value is -1.63. The van der Waals surface area contributed by atoms with Crippen LogP contribution in [-0.4, -0.2) is 22.5 Å². The van der Waals surface area contributed by atoms with E-state index in [1.165, 1.54) is 0 Å². The topological polar surface area (TPSA) is 18.5 Å². The second kappa shape index (κ2) is 8.28. The van der Waals surface area contributed by atoms with Crippen LogP contribution in [0.3, 0.4) is 0 Å². The van der Waals surface area contributed by atoms with Crippen LogP contribution >= 0.6 is 0 Å². The summed E-state index contributed by atoms with van der Waals surface area (Å²) < 4.78 is 51.3. The van der Waals surface area contributed by atoms with Crippen molar-refractivity contribution in [2.24, 2.45) is 0 Å². The van der Waals surface area contributed by atoms with Crippen LogP contribution in [0.1, 0.15) is 19.4 Å². The van der Waals surface area contributed by atoms with Crippen molar-refractivity contribution in [3.8, 4) is 11.1 Å². The lowest BCUT2D eigenvalue weighted by Gasteiger charge is -2.15. The number of halogens is 3. The fraction of sp³-hybridized carbons (Fsp3) is 0.294. The van der Waals surface area contributed by atoms with Gasteiger partial charge in [-0.2, -0.15) is 0 Å². The van der Waals surface area contributed by atoms with E-state index in [1.54, 1.807) is 12.1 Å². The van der Waals surface area contributed by atoms with E-state index in [2.05, 4.69) is 0 Å². The van der Waals surface area contributed by atoms with Crippen molar-refractivity contribution in [3.63, 3.8) is 0 Å². The van der Waals surface area contributed by atoms with Crippen LogP contribution in [0.4, 0.5) is 13.2 Å². The maximum Gasteiger partial charge on any atom is 0.325 e. The molecule has 0 atom stereocenters. The van der Waals surface area contributed by atoms with Gasteiger partial charge in [0.15, 0.2) is 11.6 Å². The van der Waals surface area contributed by atoms with Gasteiger partial charge in [0.25, 0.3) is 0 Å². The summed E-state index contributed by atoms with van der Waals surface area (Å²) in [5.74, 6) is -3.04. The lowest BCUT2D eigenvalue weighted by atomic mass is 10.0. The molecule has 2 aromatic rings. The molecule has 23 heavy (non-hydrogen) atoms. The molecule has 6 heteroatoms.